The van der Waals surface area contributed by atoms with Gasteiger partial charge in [-0.2, -0.15) is 0 Å². The molecule has 0 radical (unpaired) electrons. The van der Waals surface area contributed by atoms with Crippen LogP contribution in [0.25, 0.3) is 44.5 Å². The Labute approximate surface area is 271 Å². The van der Waals surface area contributed by atoms with Gasteiger partial charge in [0.2, 0.25) is 5.91 Å². The van der Waals surface area contributed by atoms with E-state index in [1.807, 2.05) is 11.1 Å². The summed E-state index contributed by atoms with van der Waals surface area (Å²) < 4.78 is 0. The van der Waals surface area contributed by atoms with E-state index in [9.17, 15) is 4.79 Å². The van der Waals surface area contributed by atoms with Crippen molar-refractivity contribution in [1.29, 1.82) is 0 Å². The predicted octanol–water partition coefficient (Wildman–Crippen LogP) is 8.08. The lowest BCUT2D eigenvalue weighted by Crippen LogP contribution is -2.31. The largest absolute Gasteiger partial charge is 0.341 e. The maximum Gasteiger partial charge on any atom is 0.222 e. The molecule has 2 N–H and O–H groups in total. The molecule has 2 bridgehead atoms. The minimum absolute atomic E-state index is 0.202. The molecule has 2 aliphatic carbocycles. The molecular weight excluding hydrogens is 568 g/mol. The number of likely N-dealkylation sites (tertiary alicyclic amines) is 1. The molecule has 7 heteroatoms. The lowest BCUT2D eigenvalue weighted by molar-refractivity contribution is -0.132. The van der Waals surface area contributed by atoms with E-state index in [2.05, 4.69) is 95.3 Å². The Morgan fingerprint density at radius 1 is 0.913 bits per heavy atom. The number of H-pyrrole nitrogens is 2. The number of imidazole rings is 2. The Morgan fingerprint density at radius 2 is 1.65 bits per heavy atom. The van der Waals surface area contributed by atoms with Crippen LogP contribution in [-0.4, -0.2) is 55.3 Å². The smallest absolute Gasteiger partial charge is 0.222 e. The van der Waals surface area contributed by atoms with Crippen LogP contribution in [0.4, 0.5) is 0 Å². The number of fused-ring (bicyclic) bond motifs is 6. The van der Waals surface area contributed by atoms with Gasteiger partial charge in [0, 0.05) is 19.0 Å². The number of amides is 1. The van der Waals surface area contributed by atoms with E-state index >= 15 is 0 Å². The molecule has 3 unspecified atom stereocenters. The molecular formula is C39H44N6O. The average molecular weight is 613 g/mol. The van der Waals surface area contributed by atoms with Crippen molar-refractivity contribution < 1.29 is 4.79 Å². The highest BCUT2D eigenvalue weighted by Crippen LogP contribution is 2.48. The van der Waals surface area contributed by atoms with Crippen LogP contribution < -0.4 is 0 Å². The Morgan fingerprint density at radius 3 is 2.39 bits per heavy atom. The van der Waals surface area contributed by atoms with Gasteiger partial charge >= 0.3 is 0 Å². The van der Waals surface area contributed by atoms with Crippen LogP contribution >= 0.6 is 0 Å². The number of benzene rings is 3. The Bertz CT molecular complexity index is 1920. The number of carbonyl (C=O) groups excluding carboxylic acids is 1. The monoisotopic (exact) mass is 612 g/mol. The lowest BCUT2D eigenvalue weighted by atomic mass is 9.83. The van der Waals surface area contributed by atoms with Crippen molar-refractivity contribution in [3.8, 4) is 33.5 Å². The number of aromatic amines is 2. The van der Waals surface area contributed by atoms with Crippen LogP contribution in [0.15, 0.2) is 60.8 Å². The molecule has 3 atom stereocenters. The quantitative estimate of drug-likeness (QED) is 0.176. The molecule has 2 aromatic heterocycles. The lowest BCUT2D eigenvalue weighted by Gasteiger charge is -2.30. The molecule has 3 aromatic carbocycles. The van der Waals surface area contributed by atoms with Crippen molar-refractivity contribution in [2.45, 2.75) is 83.8 Å². The van der Waals surface area contributed by atoms with Crippen LogP contribution in [0.1, 0.15) is 81.2 Å². The summed E-state index contributed by atoms with van der Waals surface area (Å²) in [6.07, 6.45) is 10.3. The molecule has 1 saturated carbocycles. The van der Waals surface area contributed by atoms with Crippen molar-refractivity contribution >= 4 is 16.9 Å². The minimum atomic E-state index is 0.202. The normalized spacial score (nSPS) is 20.3. The molecule has 0 spiro atoms. The van der Waals surface area contributed by atoms with E-state index in [4.69, 9.17) is 4.98 Å². The zero-order chi connectivity index (χ0) is 31.4. The van der Waals surface area contributed by atoms with Gasteiger partial charge in [-0.1, -0.05) is 50.2 Å². The van der Waals surface area contributed by atoms with Crippen LogP contribution in [0.5, 0.6) is 0 Å². The fourth-order valence-electron chi connectivity index (χ4n) is 8.42. The number of aryl methyl sites for hydroxylation is 2. The third-order valence-corrected chi connectivity index (χ3v) is 10.8. The summed E-state index contributed by atoms with van der Waals surface area (Å²) in [5.41, 5.74) is 12.3. The van der Waals surface area contributed by atoms with Crippen molar-refractivity contribution in [3.63, 3.8) is 0 Å². The topological polar surface area (TPSA) is 80.9 Å². The first-order valence-corrected chi connectivity index (χ1v) is 17.3. The molecule has 5 aromatic rings. The fourth-order valence-corrected chi connectivity index (χ4v) is 8.42. The molecule has 1 amide bonds. The Hall–Kier alpha value is -4.23. The predicted molar refractivity (Wildman–Crippen MR) is 184 cm³/mol. The van der Waals surface area contributed by atoms with Crippen molar-refractivity contribution in [2.24, 2.45) is 5.92 Å². The van der Waals surface area contributed by atoms with E-state index in [0.717, 1.165) is 78.1 Å². The number of aromatic nitrogens is 4. The van der Waals surface area contributed by atoms with Gasteiger partial charge in [-0.3, -0.25) is 9.69 Å². The first kappa shape index (κ1) is 29.2. The highest BCUT2D eigenvalue weighted by atomic mass is 16.2. The summed E-state index contributed by atoms with van der Waals surface area (Å²) in [5.74, 6) is 2.91. The van der Waals surface area contributed by atoms with E-state index in [-0.39, 0.29) is 5.91 Å². The Balaban J connectivity index is 1.01. The highest BCUT2D eigenvalue weighted by Gasteiger charge is 2.45. The maximum absolute atomic E-state index is 12.6. The van der Waals surface area contributed by atoms with Gasteiger partial charge in [0.15, 0.2) is 0 Å². The molecule has 7 nitrogen and oxygen atoms in total. The second-order valence-corrected chi connectivity index (χ2v) is 13.7. The summed E-state index contributed by atoms with van der Waals surface area (Å²) in [6.45, 7) is 5.45. The molecule has 1 saturated heterocycles. The fraction of sp³-hybridized carbons (Fsp3) is 0.410. The van der Waals surface area contributed by atoms with Gasteiger partial charge in [0.25, 0.3) is 0 Å². The third-order valence-electron chi connectivity index (χ3n) is 10.8. The molecule has 8 rings (SSSR count). The van der Waals surface area contributed by atoms with Crippen molar-refractivity contribution in [3.05, 3.63) is 83.6 Å². The first-order chi connectivity index (χ1) is 22.5. The summed E-state index contributed by atoms with van der Waals surface area (Å²) in [6, 6.07) is 21.6. The van der Waals surface area contributed by atoms with E-state index < -0.39 is 0 Å². The van der Waals surface area contributed by atoms with Crippen LogP contribution in [0.2, 0.25) is 0 Å². The van der Waals surface area contributed by atoms with E-state index in [1.165, 1.54) is 52.6 Å². The molecule has 3 aliphatic rings. The van der Waals surface area contributed by atoms with Gasteiger partial charge < -0.3 is 14.9 Å². The van der Waals surface area contributed by atoms with Gasteiger partial charge in [0.1, 0.15) is 11.6 Å². The van der Waals surface area contributed by atoms with Gasteiger partial charge in [-0.15, -0.1) is 0 Å². The van der Waals surface area contributed by atoms with Crippen molar-refractivity contribution in [2.75, 3.05) is 13.6 Å². The number of carbonyl (C=O) groups is 1. The average Bonchev–Trinajstić information content (AvgIpc) is 3.88. The minimum Gasteiger partial charge on any atom is -0.341 e. The summed E-state index contributed by atoms with van der Waals surface area (Å²) >= 11 is 0. The van der Waals surface area contributed by atoms with Crippen LogP contribution in [0, 0.1) is 5.92 Å². The van der Waals surface area contributed by atoms with Gasteiger partial charge in [0.05, 0.1) is 35.5 Å². The van der Waals surface area contributed by atoms with Crippen LogP contribution in [0.3, 0.4) is 0 Å². The zero-order valence-electron chi connectivity index (χ0n) is 27.3. The SMILES string of the molecule is CCCC(=O)N(CCC)Cc1ncc(-c2ccc3c(c2)CCc2cc(-c4ccc5nc(C6C7CCC(C7)N6C)[nH]c5c4)ccc2-3)[nH]1. The number of hydrogen-bond donors (Lipinski definition) is 2. The number of nitrogens with zero attached hydrogens (tertiary/aromatic N) is 4. The molecule has 1 aliphatic heterocycles. The second kappa shape index (κ2) is 11.8. The van der Waals surface area contributed by atoms with Gasteiger partial charge in [-0.25, -0.2) is 9.97 Å². The molecule has 46 heavy (non-hydrogen) atoms. The summed E-state index contributed by atoms with van der Waals surface area (Å²) in [5, 5.41) is 0. The molecule has 3 heterocycles. The number of piperidine rings is 1. The highest BCUT2D eigenvalue weighted by molar-refractivity contribution is 5.84. The van der Waals surface area contributed by atoms with E-state index in [0.29, 0.717) is 19.0 Å². The maximum atomic E-state index is 12.6. The standard InChI is InChI=1S/C39H44N6O/c1-4-6-37(46)45(17-5-2)23-36-40-22-35(41-36)28-11-15-32-27(19-28)8-7-26-18-24(10-14-31(26)32)25-12-16-33-34(21-25)43-39(42-33)38-29-9-13-30(20-29)44(38)3/h10-12,14-16,18-19,21-22,29-30,38H,4-9,13,17,20,23H2,1-3H3,(H,40,41)(H,42,43). The van der Waals surface area contributed by atoms with Crippen LogP contribution in [-0.2, 0) is 24.2 Å². The summed E-state index contributed by atoms with van der Waals surface area (Å²) in [7, 11) is 2.27. The zero-order valence-corrected chi connectivity index (χ0v) is 27.3. The summed E-state index contributed by atoms with van der Waals surface area (Å²) in [4.78, 5) is 33.9. The Kier molecular flexibility index (Phi) is 7.52. The first-order valence-electron chi connectivity index (χ1n) is 17.3. The third kappa shape index (κ3) is 5.15. The number of hydrogen-bond acceptors (Lipinski definition) is 4. The van der Waals surface area contributed by atoms with E-state index in [1.54, 1.807) is 0 Å². The molecule has 236 valence electrons. The molecule has 2 fully saturated rings. The number of nitrogens with one attached hydrogen (secondary N) is 2. The number of rotatable bonds is 9. The second-order valence-electron chi connectivity index (χ2n) is 13.7. The van der Waals surface area contributed by atoms with Gasteiger partial charge in [-0.05, 0) is 115 Å². The van der Waals surface area contributed by atoms with Crippen molar-refractivity contribution in [1.82, 2.24) is 29.7 Å².